The second-order valence-corrected chi connectivity index (χ2v) is 9.97. The van der Waals surface area contributed by atoms with E-state index < -0.39 is 15.4 Å². The van der Waals surface area contributed by atoms with Crippen LogP contribution in [0.3, 0.4) is 0 Å². The minimum absolute atomic E-state index is 0.0945. The Kier molecular flexibility index (Phi) is 6.46. The number of carbonyl (C=O) groups excluding carboxylic acids is 1. The Bertz CT molecular complexity index is 753. The fourth-order valence-corrected chi connectivity index (χ4v) is 5.13. The lowest BCUT2D eigenvalue weighted by Gasteiger charge is -2.34. The van der Waals surface area contributed by atoms with E-state index in [-0.39, 0.29) is 5.91 Å². The SMILES string of the molecule is CS(=O)(=O)N1CCN(CCNC(=O)C2(c3ccc(Cl)cc3)CCCC2)CC1. The number of hydrogen-bond acceptors (Lipinski definition) is 4. The molecule has 1 heterocycles. The second kappa shape index (κ2) is 8.47. The van der Waals surface area contributed by atoms with Crippen molar-refractivity contribution in [1.29, 1.82) is 0 Å². The highest BCUT2D eigenvalue weighted by molar-refractivity contribution is 7.88. The van der Waals surface area contributed by atoms with E-state index in [9.17, 15) is 13.2 Å². The second-order valence-electron chi connectivity index (χ2n) is 7.56. The summed E-state index contributed by atoms with van der Waals surface area (Å²) in [6, 6.07) is 7.65. The van der Waals surface area contributed by atoms with Gasteiger partial charge in [0.05, 0.1) is 11.7 Å². The predicted molar refractivity (Wildman–Crippen MR) is 107 cm³/mol. The van der Waals surface area contributed by atoms with Crippen LogP contribution in [0.15, 0.2) is 24.3 Å². The Morgan fingerprint density at radius 1 is 1.11 bits per heavy atom. The number of halogens is 1. The van der Waals surface area contributed by atoms with Gasteiger partial charge in [-0.15, -0.1) is 0 Å². The molecule has 1 aromatic rings. The molecule has 0 spiro atoms. The Balaban J connectivity index is 1.53. The predicted octanol–water partition coefficient (Wildman–Crippen LogP) is 1.85. The molecule has 0 bridgehead atoms. The van der Waals surface area contributed by atoms with Gasteiger partial charge in [0.2, 0.25) is 15.9 Å². The van der Waals surface area contributed by atoms with E-state index in [1.807, 2.05) is 24.3 Å². The molecule has 1 N–H and O–H groups in total. The van der Waals surface area contributed by atoms with Gasteiger partial charge in [-0.25, -0.2) is 8.42 Å². The zero-order chi connectivity index (χ0) is 19.5. The molecule has 0 unspecified atom stereocenters. The summed E-state index contributed by atoms with van der Waals surface area (Å²) in [4.78, 5) is 15.2. The molecule has 0 aromatic heterocycles. The zero-order valence-electron chi connectivity index (χ0n) is 15.8. The van der Waals surface area contributed by atoms with Crippen molar-refractivity contribution in [3.8, 4) is 0 Å². The average Bonchev–Trinajstić information content (AvgIpc) is 3.13. The van der Waals surface area contributed by atoms with Crippen LogP contribution in [0.1, 0.15) is 31.2 Å². The van der Waals surface area contributed by atoms with Crippen molar-refractivity contribution in [3.05, 3.63) is 34.9 Å². The molecule has 27 heavy (non-hydrogen) atoms. The number of hydrogen-bond donors (Lipinski definition) is 1. The molecule has 1 saturated heterocycles. The van der Waals surface area contributed by atoms with E-state index in [2.05, 4.69) is 10.2 Å². The van der Waals surface area contributed by atoms with E-state index in [1.165, 1.54) is 10.6 Å². The van der Waals surface area contributed by atoms with Gasteiger partial charge in [-0.1, -0.05) is 36.6 Å². The molecule has 1 aromatic carbocycles. The van der Waals surface area contributed by atoms with Gasteiger partial charge in [-0.05, 0) is 30.5 Å². The summed E-state index contributed by atoms with van der Waals surface area (Å²) in [6.07, 6.45) is 5.11. The molecule has 1 amide bonds. The lowest BCUT2D eigenvalue weighted by atomic mass is 9.78. The first-order chi connectivity index (χ1) is 12.8. The van der Waals surface area contributed by atoms with Gasteiger partial charge in [0.1, 0.15) is 0 Å². The topological polar surface area (TPSA) is 69.7 Å². The fraction of sp³-hybridized carbons (Fsp3) is 0.632. The summed E-state index contributed by atoms with van der Waals surface area (Å²) in [5.41, 5.74) is 0.600. The van der Waals surface area contributed by atoms with E-state index in [1.54, 1.807) is 0 Å². The maximum atomic E-state index is 13.0. The Morgan fingerprint density at radius 3 is 2.26 bits per heavy atom. The molecule has 2 fully saturated rings. The minimum atomic E-state index is -3.11. The number of nitrogens with one attached hydrogen (secondary N) is 1. The molecule has 150 valence electrons. The summed E-state index contributed by atoms with van der Waals surface area (Å²) in [5.74, 6) is 0.0945. The van der Waals surface area contributed by atoms with Gasteiger partial charge in [0.25, 0.3) is 0 Å². The van der Waals surface area contributed by atoms with Crippen LogP contribution in [-0.4, -0.2) is 69.1 Å². The van der Waals surface area contributed by atoms with E-state index in [4.69, 9.17) is 11.6 Å². The summed E-state index contributed by atoms with van der Waals surface area (Å²) in [5, 5.41) is 3.80. The van der Waals surface area contributed by atoms with Gasteiger partial charge in [-0.3, -0.25) is 9.69 Å². The summed E-state index contributed by atoms with van der Waals surface area (Å²) < 4.78 is 24.7. The highest BCUT2D eigenvalue weighted by atomic mass is 35.5. The molecular weight excluding hydrogens is 386 g/mol. The number of nitrogens with zero attached hydrogens (tertiary/aromatic N) is 2. The van der Waals surface area contributed by atoms with Crippen molar-refractivity contribution in [3.63, 3.8) is 0 Å². The fourth-order valence-electron chi connectivity index (χ4n) is 4.18. The van der Waals surface area contributed by atoms with Crippen LogP contribution < -0.4 is 5.32 Å². The van der Waals surface area contributed by atoms with Gasteiger partial charge in [0.15, 0.2) is 0 Å². The number of amides is 1. The third-order valence-corrected chi connectivity index (χ3v) is 7.36. The van der Waals surface area contributed by atoms with Crippen molar-refractivity contribution in [1.82, 2.24) is 14.5 Å². The van der Waals surface area contributed by atoms with Crippen LogP contribution in [0.5, 0.6) is 0 Å². The molecular formula is C19H28ClN3O3S. The first kappa shape index (κ1) is 20.6. The van der Waals surface area contributed by atoms with Crippen LogP contribution >= 0.6 is 11.6 Å². The first-order valence-electron chi connectivity index (χ1n) is 9.53. The van der Waals surface area contributed by atoms with E-state index >= 15 is 0 Å². The zero-order valence-corrected chi connectivity index (χ0v) is 17.4. The van der Waals surface area contributed by atoms with Crippen LogP contribution in [0.25, 0.3) is 0 Å². The molecule has 1 aliphatic heterocycles. The van der Waals surface area contributed by atoms with Crippen molar-refractivity contribution in [2.75, 3.05) is 45.5 Å². The molecule has 0 atom stereocenters. The van der Waals surface area contributed by atoms with Crippen molar-refractivity contribution in [2.45, 2.75) is 31.1 Å². The Hall–Kier alpha value is -1.15. The number of rotatable bonds is 6. The molecule has 1 saturated carbocycles. The third-order valence-electron chi connectivity index (χ3n) is 5.80. The Labute approximate surface area is 166 Å². The van der Waals surface area contributed by atoms with Crippen molar-refractivity contribution >= 4 is 27.5 Å². The number of sulfonamides is 1. The summed E-state index contributed by atoms with van der Waals surface area (Å²) in [7, 11) is -3.11. The van der Waals surface area contributed by atoms with Gasteiger partial charge in [0, 0.05) is 44.3 Å². The molecule has 6 nitrogen and oxygen atoms in total. The number of benzene rings is 1. The molecule has 1 aliphatic carbocycles. The van der Waals surface area contributed by atoms with Gasteiger partial charge >= 0.3 is 0 Å². The lowest BCUT2D eigenvalue weighted by Crippen LogP contribution is -2.51. The standard InChI is InChI=1S/C19H28ClN3O3S/c1-27(25,26)23-14-12-22(13-15-23)11-10-21-18(24)19(8-2-3-9-19)16-4-6-17(20)7-5-16/h4-7H,2-3,8-15H2,1H3,(H,21,24). The molecule has 3 rings (SSSR count). The molecule has 8 heteroatoms. The van der Waals surface area contributed by atoms with E-state index in [0.717, 1.165) is 37.8 Å². The van der Waals surface area contributed by atoms with Crippen LogP contribution in [-0.2, 0) is 20.2 Å². The lowest BCUT2D eigenvalue weighted by molar-refractivity contribution is -0.126. The highest BCUT2D eigenvalue weighted by Crippen LogP contribution is 2.41. The first-order valence-corrected chi connectivity index (χ1v) is 11.8. The normalized spacial score (nSPS) is 21.3. The molecule has 2 aliphatic rings. The molecule has 0 radical (unpaired) electrons. The quantitative estimate of drug-likeness (QED) is 0.772. The number of carbonyl (C=O) groups is 1. The maximum Gasteiger partial charge on any atom is 0.230 e. The largest absolute Gasteiger partial charge is 0.354 e. The van der Waals surface area contributed by atoms with Crippen LogP contribution in [0, 0.1) is 0 Å². The third kappa shape index (κ3) is 4.83. The van der Waals surface area contributed by atoms with E-state index in [0.29, 0.717) is 37.7 Å². The Morgan fingerprint density at radius 2 is 1.70 bits per heavy atom. The van der Waals surface area contributed by atoms with Crippen LogP contribution in [0.2, 0.25) is 5.02 Å². The number of piperazine rings is 1. The van der Waals surface area contributed by atoms with Crippen LogP contribution in [0.4, 0.5) is 0 Å². The smallest absolute Gasteiger partial charge is 0.230 e. The minimum Gasteiger partial charge on any atom is -0.354 e. The monoisotopic (exact) mass is 413 g/mol. The van der Waals surface area contributed by atoms with Crippen molar-refractivity contribution < 1.29 is 13.2 Å². The average molecular weight is 414 g/mol. The van der Waals surface area contributed by atoms with Gasteiger partial charge < -0.3 is 5.32 Å². The van der Waals surface area contributed by atoms with Crippen molar-refractivity contribution in [2.24, 2.45) is 0 Å². The summed E-state index contributed by atoms with van der Waals surface area (Å²) >= 11 is 6.00. The van der Waals surface area contributed by atoms with Gasteiger partial charge in [-0.2, -0.15) is 4.31 Å². The highest BCUT2D eigenvalue weighted by Gasteiger charge is 2.42. The summed E-state index contributed by atoms with van der Waals surface area (Å²) in [6.45, 7) is 3.74. The maximum absolute atomic E-state index is 13.0.